The Balaban J connectivity index is 1.55. The first-order chi connectivity index (χ1) is 26.8. The molecule has 0 saturated carbocycles. The van der Waals surface area contributed by atoms with Crippen molar-refractivity contribution < 1.29 is 9.47 Å². The highest BCUT2D eigenvalue weighted by Crippen LogP contribution is 2.53. The molecule has 6 aromatic carbocycles. The molecular weight excluding hydrogens is 723 g/mol. The maximum absolute atomic E-state index is 7.04. The molecule has 1 N–H and O–H groups in total. The van der Waals surface area contributed by atoms with Gasteiger partial charge in [-0.1, -0.05) is 123 Å². The Labute approximate surface area is 337 Å². The van der Waals surface area contributed by atoms with Gasteiger partial charge in [0.05, 0.1) is 19.8 Å². The van der Waals surface area contributed by atoms with E-state index in [1.165, 1.54) is 87.6 Å². The van der Waals surface area contributed by atoms with Crippen LogP contribution in [0.25, 0.3) is 11.1 Å². The summed E-state index contributed by atoms with van der Waals surface area (Å²) in [5.41, 5.74) is 14.8. The summed E-state index contributed by atoms with van der Waals surface area (Å²) in [6, 6.07) is 37.9. The summed E-state index contributed by atoms with van der Waals surface area (Å²) in [6.45, 7) is 20.8. The number of quaternary nitrogens is 1. The summed E-state index contributed by atoms with van der Waals surface area (Å²) < 4.78 is 14.7. The van der Waals surface area contributed by atoms with E-state index in [1.54, 1.807) is 0 Å². The van der Waals surface area contributed by atoms with Crippen molar-refractivity contribution in [2.75, 3.05) is 45.7 Å². The maximum Gasteiger partial charge on any atom is 0.189 e. The molecule has 0 aliphatic carbocycles. The molecule has 0 amide bonds. The largest absolute Gasteiger partial charge is 0.489 e. The summed E-state index contributed by atoms with van der Waals surface area (Å²) in [4.78, 5) is 0. The lowest BCUT2D eigenvalue weighted by Crippen LogP contribution is -2.47. The Hall–Kier alpha value is -4.46. The van der Waals surface area contributed by atoms with Crippen molar-refractivity contribution in [3.63, 3.8) is 0 Å². The van der Waals surface area contributed by atoms with Crippen LogP contribution in [0.15, 0.2) is 97.1 Å². The van der Waals surface area contributed by atoms with Gasteiger partial charge in [-0.2, -0.15) is 0 Å². The standard InChI is InChI=1S/C50H55N2O2P2/c1-31-19-32(2)24-39(23-31)55(40-25-33(3)20-34(4)26-40)45-13-11-43-49(53-17-15-51-43)47(45)48-46(14-12-44-50(48)54-18-16-52(44,9)10)56(41-27-35(5)21-36(6)28-41)42-29-37(7)22-38(8)30-42/h11-14,19-30,51H,15-18H2,1-10H3/q+1. The zero-order valence-electron chi connectivity index (χ0n) is 34.7. The number of fused-ring (bicyclic) bond motifs is 2. The van der Waals surface area contributed by atoms with E-state index in [4.69, 9.17) is 9.47 Å². The van der Waals surface area contributed by atoms with Gasteiger partial charge in [-0.25, -0.2) is 0 Å². The highest BCUT2D eigenvalue weighted by Gasteiger charge is 2.38. The van der Waals surface area contributed by atoms with Gasteiger partial charge >= 0.3 is 0 Å². The van der Waals surface area contributed by atoms with Gasteiger partial charge in [0.2, 0.25) is 0 Å². The fourth-order valence-corrected chi connectivity index (χ4v) is 14.6. The van der Waals surface area contributed by atoms with Crippen LogP contribution in [0.2, 0.25) is 0 Å². The molecular formula is C50H55N2O2P2+. The van der Waals surface area contributed by atoms with E-state index in [-0.39, 0.29) is 0 Å². The lowest BCUT2D eigenvalue weighted by atomic mass is 9.99. The smallest absolute Gasteiger partial charge is 0.189 e. The summed E-state index contributed by atoms with van der Waals surface area (Å²) in [5, 5.41) is 11.7. The fourth-order valence-electron chi connectivity index (χ4n) is 8.91. The number of hydrogen-bond acceptors (Lipinski definition) is 3. The molecule has 0 saturated heterocycles. The lowest BCUT2D eigenvalue weighted by molar-refractivity contribution is 0.224. The average molecular weight is 778 g/mol. The highest BCUT2D eigenvalue weighted by molar-refractivity contribution is 7.80. The van der Waals surface area contributed by atoms with Crippen LogP contribution in [0.3, 0.4) is 0 Å². The number of nitrogens with zero attached hydrogens (tertiary/aromatic N) is 1. The van der Waals surface area contributed by atoms with Crippen LogP contribution in [-0.4, -0.2) is 40.4 Å². The van der Waals surface area contributed by atoms with Gasteiger partial charge in [0.25, 0.3) is 0 Å². The Morgan fingerprint density at radius 2 is 0.839 bits per heavy atom. The van der Waals surface area contributed by atoms with Gasteiger partial charge in [0, 0.05) is 23.7 Å². The molecule has 2 aliphatic heterocycles. The summed E-state index contributed by atoms with van der Waals surface area (Å²) in [5.74, 6) is 1.92. The Bertz CT molecular complexity index is 2320. The molecule has 0 radical (unpaired) electrons. The van der Waals surface area contributed by atoms with E-state index in [2.05, 4.69) is 172 Å². The molecule has 8 rings (SSSR count). The molecule has 6 heteroatoms. The minimum Gasteiger partial charge on any atom is -0.489 e. The number of likely N-dealkylation sites (N-methyl/N-ethyl adjacent to an activating group) is 1. The summed E-state index contributed by atoms with van der Waals surface area (Å²) >= 11 is 0. The molecule has 2 heterocycles. The van der Waals surface area contributed by atoms with Gasteiger partial charge < -0.3 is 14.8 Å². The Morgan fingerprint density at radius 3 is 1.27 bits per heavy atom. The Kier molecular flexibility index (Phi) is 10.4. The topological polar surface area (TPSA) is 30.5 Å². The zero-order chi connectivity index (χ0) is 39.5. The second-order valence-corrected chi connectivity index (χ2v) is 21.1. The number of ether oxygens (including phenoxy) is 2. The van der Waals surface area contributed by atoms with E-state index in [1.807, 2.05) is 0 Å². The first kappa shape index (κ1) is 38.4. The van der Waals surface area contributed by atoms with Crippen LogP contribution in [-0.2, 0) is 0 Å². The van der Waals surface area contributed by atoms with E-state index in [0.717, 1.165) is 40.3 Å². The summed E-state index contributed by atoms with van der Waals surface area (Å²) in [6.07, 6.45) is 0. The number of benzene rings is 6. The monoisotopic (exact) mass is 777 g/mol. The van der Waals surface area contributed by atoms with Crippen LogP contribution in [0.4, 0.5) is 11.4 Å². The molecule has 0 fully saturated rings. The minimum absolute atomic E-state index is 0.601. The second kappa shape index (κ2) is 15.1. The first-order valence-electron chi connectivity index (χ1n) is 19.9. The molecule has 286 valence electrons. The van der Waals surface area contributed by atoms with E-state index < -0.39 is 15.8 Å². The Morgan fingerprint density at radius 1 is 0.464 bits per heavy atom. The van der Waals surface area contributed by atoms with Gasteiger partial charge in [-0.15, -0.1) is 0 Å². The second-order valence-electron chi connectivity index (χ2n) is 16.7. The van der Waals surface area contributed by atoms with Crippen molar-refractivity contribution in [3.05, 3.63) is 142 Å². The van der Waals surface area contributed by atoms with Crippen molar-refractivity contribution in [2.45, 2.75) is 55.4 Å². The van der Waals surface area contributed by atoms with Crippen LogP contribution in [0.1, 0.15) is 44.5 Å². The summed E-state index contributed by atoms with van der Waals surface area (Å²) in [7, 11) is 2.58. The highest BCUT2D eigenvalue weighted by atomic mass is 31.1. The van der Waals surface area contributed by atoms with E-state index in [9.17, 15) is 0 Å². The normalized spacial score (nSPS) is 14.5. The molecule has 0 spiro atoms. The van der Waals surface area contributed by atoms with Crippen molar-refractivity contribution in [3.8, 4) is 22.6 Å². The predicted molar refractivity (Wildman–Crippen MR) is 245 cm³/mol. The molecule has 56 heavy (non-hydrogen) atoms. The molecule has 0 aromatic heterocycles. The molecule has 2 aliphatic rings. The fraction of sp³-hybridized carbons (Fsp3) is 0.280. The first-order valence-corrected chi connectivity index (χ1v) is 22.5. The third kappa shape index (κ3) is 7.41. The SMILES string of the molecule is Cc1cc(C)cc(P(c2cc(C)cc(C)c2)c2ccc3c(c2-c2c(P(c4cc(C)cc(C)c4)c4cc(C)cc(C)c4)ccc4c2OCC[N+]4(C)C)OCCN3)c1. The van der Waals surface area contributed by atoms with E-state index in [0.29, 0.717) is 13.2 Å². The van der Waals surface area contributed by atoms with Gasteiger partial charge in [0.1, 0.15) is 19.8 Å². The van der Waals surface area contributed by atoms with Crippen molar-refractivity contribution in [2.24, 2.45) is 0 Å². The van der Waals surface area contributed by atoms with Crippen molar-refractivity contribution in [1.82, 2.24) is 4.48 Å². The number of nitrogens with one attached hydrogen (secondary N) is 1. The van der Waals surface area contributed by atoms with Gasteiger partial charge in [-0.3, -0.25) is 4.48 Å². The predicted octanol–water partition coefficient (Wildman–Crippen LogP) is 9.10. The number of rotatable bonds is 7. The van der Waals surface area contributed by atoms with E-state index >= 15 is 0 Å². The van der Waals surface area contributed by atoms with Gasteiger partial charge in [-0.05, 0) is 115 Å². The van der Waals surface area contributed by atoms with Crippen LogP contribution in [0, 0.1) is 55.4 Å². The molecule has 0 atom stereocenters. The third-order valence-electron chi connectivity index (χ3n) is 11.1. The van der Waals surface area contributed by atoms with Crippen LogP contribution in [0.5, 0.6) is 11.5 Å². The molecule has 0 unspecified atom stereocenters. The molecule has 4 nitrogen and oxygen atoms in total. The zero-order valence-corrected chi connectivity index (χ0v) is 36.5. The van der Waals surface area contributed by atoms with Crippen molar-refractivity contribution in [1.29, 1.82) is 0 Å². The van der Waals surface area contributed by atoms with Crippen LogP contribution >= 0.6 is 15.8 Å². The number of hydrogen-bond donors (Lipinski definition) is 1. The lowest BCUT2D eigenvalue weighted by Gasteiger charge is -2.38. The van der Waals surface area contributed by atoms with Gasteiger partial charge in [0.15, 0.2) is 17.2 Å². The molecule has 6 aromatic rings. The van der Waals surface area contributed by atoms with Crippen molar-refractivity contribution >= 4 is 59.0 Å². The third-order valence-corrected chi connectivity index (χ3v) is 15.9. The minimum atomic E-state index is -1.03. The number of aryl methyl sites for hydroxylation is 8. The maximum atomic E-state index is 7.04. The average Bonchev–Trinajstić information content (AvgIpc) is 3.10. The van der Waals surface area contributed by atoms with Crippen LogP contribution < -0.4 is 51.1 Å². The molecule has 0 bridgehead atoms. The quantitative estimate of drug-likeness (QED) is 0.130. The number of anilines is 1.